The maximum absolute atomic E-state index is 12.3. The fourth-order valence-electron chi connectivity index (χ4n) is 2.76. The second-order valence-corrected chi connectivity index (χ2v) is 6.56. The van der Waals surface area contributed by atoms with Gasteiger partial charge in [0.1, 0.15) is 6.61 Å². The van der Waals surface area contributed by atoms with Gasteiger partial charge in [-0.3, -0.25) is 4.79 Å². The van der Waals surface area contributed by atoms with Gasteiger partial charge in [-0.05, 0) is 50.2 Å². The Bertz CT molecular complexity index is 1020. The van der Waals surface area contributed by atoms with E-state index in [4.69, 9.17) is 9.47 Å². The van der Waals surface area contributed by atoms with Crippen molar-refractivity contribution in [3.63, 3.8) is 0 Å². The zero-order valence-corrected chi connectivity index (χ0v) is 17.0. The van der Waals surface area contributed by atoms with Gasteiger partial charge >= 0.3 is 0 Å². The first-order valence-electron chi connectivity index (χ1n) is 9.48. The summed E-state index contributed by atoms with van der Waals surface area (Å²) in [5.74, 6) is 1.28. The van der Waals surface area contributed by atoms with E-state index in [0.29, 0.717) is 29.7 Å². The third-order valence-electron chi connectivity index (χ3n) is 3.95. The number of rotatable bonds is 9. The van der Waals surface area contributed by atoms with Gasteiger partial charge in [0, 0.05) is 22.8 Å². The molecule has 0 radical (unpaired) electrons. The number of carbonyl (C=O) groups is 1. The average molecular weight is 404 g/mol. The van der Waals surface area contributed by atoms with Crippen LogP contribution in [0.3, 0.4) is 0 Å². The van der Waals surface area contributed by atoms with Crippen molar-refractivity contribution in [1.82, 2.24) is 9.97 Å². The van der Waals surface area contributed by atoms with Crippen LogP contribution in [0.15, 0.2) is 67.3 Å². The van der Waals surface area contributed by atoms with Crippen LogP contribution in [-0.2, 0) is 4.79 Å². The summed E-state index contributed by atoms with van der Waals surface area (Å²) in [6.07, 6.45) is 1.65. The van der Waals surface area contributed by atoms with Crippen LogP contribution in [0, 0.1) is 13.8 Å². The first kappa shape index (κ1) is 20.9. The van der Waals surface area contributed by atoms with Gasteiger partial charge in [0.05, 0.1) is 0 Å². The molecule has 0 unspecified atom stereocenters. The van der Waals surface area contributed by atoms with Crippen LogP contribution < -0.4 is 20.1 Å². The molecule has 0 saturated heterocycles. The number of amides is 1. The topological polar surface area (TPSA) is 85.4 Å². The lowest BCUT2D eigenvalue weighted by molar-refractivity contribution is -0.118. The molecular weight excluding hydrogens is 380 g/mol. The first-order chi connectivity index (χ1) is 14.5. The van der Waals surface area contributed by atoms with Gasteiger partial charge in [0.15, 0.2) is 18.1 Å². The molecule has 0 aliphatic heterocycles. The number of benzene rings is 2. The SMILES string of the molecule is C=CCOc1ccccc1OCC(=O)Nc1cccc(Nc2nc(C)cc(C)n2)c1. The minimum Gasteiger partial charge on any atom is -0.486 e. The summed E-state index contributed by atoms with van der Waals surface area (Å²) in [5, 5.41) is 5.98. The molecule has 0 saturated carbocycles. The van der Waals surface area contributed by atoms with Crippen LogP contribution in [0.25, 0.3) is 0 Å². The lowest BCUT2D eigenvalue weighted by atomic mass is 10.2. The second-order valence-electron chi connectivity index (χ2n) is 6.56. The lowest BCUT2D eigenvalue weighted by Crippen LogP contribution is -2.20. The van der Waals surface area contributed by atoms with E-state index in [1.54, 1.807) is 30.3 Å². The van der Waals surface area contributed by atoms with Crippen molar-refractivity contribution in [3.05, 3.63) is 78.6 Å². The highest BCUT2D eigenvalue weighted by Gasteiger charge is 2.09. The fraction of sp³-hybridized carbons (Fsp3) is 0.174. The van der Waals surface area contributed by atoms with Gasteiger partial charge < -0.3 is 20.1 Å². The summed E-state index contributed by atoms with van der Waals surface area (Å²) in [7, 11) is 0. The van der Waals surface area contributed by atoms with Crippen LogP contribution in [0.4, 0.5) is 17.3 Å². The Hall–Kier alpha value is -3.87. The molecule has 1 amide bonds. The van der Waals surface area contributed by atoms with Crippen LogP contribution in [0.1, 0.15) is 11.4 Å². The van der Waals surface area contributed by atoms with Gasteiger partial charge in [-0.15, -0.1) is 0 Å². The Morgan fingerprint density at radius 3 is 2.33 bits per heavy atom. The predicted molar refractivity (Wildman–Crippen MR) is 117 cm³/mol. The quantitative estimate of drug-likeness (QED) is 0.514. The van der Waals surface area contributed by atoms with E-state index in [1.807, 2.05) is 44.2 Å². The largest absolute Gasteiger partial charge is 0.486 e. The summed E-state index contributed by atoms with van der Waals surface area (Å²) in [6, 6.07) is 16.4. The van der Waals surface area contributed by atoms with E-state index in [1.165, 1.54) is 0 Å². The van der Waals surface area contributed by atoms with E-state index in [2.05, 4.69) is 27.2 Å². The van der Waals surface area contributed by atoms with Crippen LogP contribution in [0.5, 0.6) is 11.5 Å². The highest BCUT2D eigenvalue weighted by Crippen LogP contribution is 2.26. The highest BCUT2D eigenvalue weighted by atomic mass is 16.5. The molecule has 2 N–H and O–H groups in total. The smallest absolute Gasteiger partial charge is 0.262 e. The van der Waals surface area contributed by atoms with Crippen LogP contribution in [0.2, 0.25) is 0 Å². The summed E-state index contributed by atoms with van der Waals surface area (Å²) >= 11 is 0. The Balaban J connectivity index is 1.59. The van der Waals surface area contributed by atoms with Crippen molar-refractivity contribution in [3.8, 4) is 11.5 Å². The Kier molecular flexibility index (Phi) is 7.00. The number of anilines is 3. The van der Waals surface area contributed by atoms with Crippen molar-refractivity contribution in [1.29, 1.82) is 0 Å². The molecule has 2 aromatic carbocycles. The number of nitrogens with zero attached hydrogens (tertiary/aromatic N) is 2. The second kappa shape index (κ2) is 10.1. The third kappa shape index (κ3) is 6.07. The maximum Gasteiger partial charge on any atom is 0.262 e. The van der Waals surface area contributed by atoms with Crippen molar-refractivity contribution < 1.29 is 14.3 Å². The molecule has 0 atom stereocenters. The number of nitrogens with one attached hydrogen (secondary N) is 2. The van der Waals surface area contributed by atoms with Crippen molar-refractivity contribution in [2.24, 2.45) is 0 Å². The van der Waals surface area contributed by atoms with E-state index >= 15 is 0 Å². The molecule has 0 aliphatic rings. The summed E-state index contributed by atoms with van der Waals surface area (Å²) in [6.45, 7) is 7.66. The van der Waals surface area contributed by atoms with Crippen LogP contribution in [-0.4, -0.2) is 29.1 Å². The number of aryl methyl sites for hydroxylation is 2. The Morgan fingerprint density at radius 2 is 1.63 bits per heavy atom. The average Bonchev–Trinajstić information content (AvgIpc) is 2.71. The van der Waals surface area contributed by atoms with Crippen molar-refractivity contribution >= 4 is 23.2 Å². The number of carbonyl (C=O) groups excluding carboxylic acids is 1. The fourth-order valence-corrected chi connectivity index (χ4v) is 2.76. The number of ether oxygens (including phenoxy) is 2. The highest BCUT2D eigenvalue weighted by molar-refractivity contribution is 5.92. The van der Waals surface area contributed by atoms with Gasteiger partial charge in [0.2, 0.25) is 5.95 Å². The van der Waals surface area contributed by atoms with E-state index < -0.39 is 0 Å². The maximum atomic E-state index is 12.3. The summed E-state index contributed by atoms with van der Waals surface area (Å²) < 4.78 is 11.1. The first-order valence-corrected chi connectivity index (χ1v) is 9.48. The molecule has 7 nitrogen and oxygen atoms in total. The monoisotopic (exact) mass is 404 g/mol. The minimum absolute atomic E-state index is 0.147. The van der Waals surface area contributed by atoms with Gasteiger partial charge in [-0.1, -0.05) is 30.9 Å². The molecule has 0 fully saturated rings. The molecule has 3 aromatic rings. The molecule has 3 rings (SSSR count). The van der Waals surface area contributed by atoms with Crippen LogP contribution >= 0.6 is 0 Å². The number of aromatic nitrogens is 2. The summed E-state index contributed by atoms with van der Waals surface area (Å²) in [5.41, 5.74) is 3.16. The molecule has 1 heterocycles. The minimum atomic E-state index is -0.284. The number of para-hydroxylation sites is 2. The standard InChI is InChI=1S/C23H24N4O3/c1-4-12-29-20-10-5-6-11-21(20)30-15-22(28)26-18-8-7-9-19(14-18)27-23-24-16(2)13-17(3)25-23/h4-11,13-14H,1,12,15H2,2-3H3,(H,26,28)(H,24,25,27). The normalized spacial score (nSPS) is 10.2. The molecule has 0 aliphatic carbocycles. The number of hydrogen-bond donors (Lipinski definition) is 2. The van der Waals surface area contributed by atoms with E-state index in [-0.39, 0.29) is 12.5 Å². The van der Waals surface area contributed by atoms with Gasteiger partial charge in [-0.25, -0.2) is 9.97 Å². The van der Waals surface area contributed by atoms with Crippen molar-refractivity contribution in [2.45, 2.75) is 13.8 Å². The van der Waals surface area contributed by atoms with Gasteiger partial charge in [0.25, 0.3) is 5.91 Å². The molecule has 30 heavy (non-hydrogen) atoms. The molecular formula is C23H24N4O3. The molecule has 0 bridgehead atoms. The zero-order valence-electron chi connectivity index (χ0n) is 17.0. The zero-order chi connectivity index (χ0) is 21.3. The molecule has 1 aromatic heterocycles. The Morgan fingerprint density at radius 1 is 0.967 bits per heavy atom. The predicted octanol–water partition coefficient (Wildman–Crippen LogP) is 4.42. The molecule has 0 spiro atoms. The van der Waals surface area contributed by atoms with E-state index in [0.717, 1.165) is 17.1 Å². The van der Waals surface area contributed by atoms with Crippen molar-refractivity contribution in [2.75, 3.05) is 23.8 Å². The number of hydrogen-bond acceptors (Lipinski definition) is 6. The van der Waals surface area contributed by atoms with E-state index in [9.17, 15) is 4.79 Å². The lowest BCUT2D eigenvalue weighted by Gasteiger charge is -2.12. The van der Waals surface area contributed by atoms with Gasteiger partial charge in [-0.2, -0.15) is 0 Å². The Labute approximate surface area is 175 Å². The third-order valence-corrected chi connectivity index (χ3v) is 3.95. The summed E-state index contributed by atoms with van der Waals surface area (Å²) in [4.78, 5) is 21.1. The molecule has 154 valence electrons. The molecule has 7 heteroatoms.